The largest absolute Gasteiger partial charge is 0.444 e. The maximum atomic E-state index is 12.1. The molecule has 0 N–H and O–H groups in total. The van der Waals surface area contributed by atoms with Crippen LogP contribution in [0, 0.1) is 0 Å². The molecule has 0 bridgehead atoms. The van der Waals surface area contributed by atoms with Crippen molar-refractivity contribution in [1.29, 1.82) is 0 Å². The van der Waals surface area contributed by atoms with Gasteiger partial charge in [-0.2, -0.15) is 0 Å². The molecular formula is C15H22N2O3. The van der Waals surface area contributed by atoms with Crippen LogP contribution in [0.2, 0.25) is 0 Å². The van der Waals surface area contributed by atoms with Crippen LogP contribution in [-0.4, -0.2) is 40.4 Å². The van der Waals surface area contributed by atoms with E-state index in [-0.39, 0.29) is 17.8 Å². The monoisotopic (exact) mass is 278 g/mol. The van der Waals surface area contributed by atoms with Crippen molar-refractivity contribution in [2.45, 2.75) is 44.5 Å². The zero-order valence-electron chi connectivity index (χ0n) is 12.5. The lowest BCUT2D eigenvalue weighted by Gasteiger charge is -2.31. The number of nitrogens with zero attached hydrogens (tertiary/aromatic N) is 2. The van der Waals surface area contributed by atoms with Crippen LogP contribution in [0.15, 0.2) is 18.3 Å². The number of hydrogen-bond donors (Lipinski definition) is 0. The van der Waals surface area contributed by atoms with Crippen LogP contribution in [0.4, 0.5) is 4.79 Å². The Morgan fingerprint density at radius 3 is 2.80 bits per heavy atom. The van der Waals surface area contributed by atoms with E-state index in [0.717, 1.165) is 6.42 Å². The Bertz CT molecular complexity index is 531. The Kier molecular flexibility index (Phi) is 2.87. The third kappa shape index (κ3) is 2.20. The molecule has 5 heteroatoms. The number of carbonyl (C=O) groups excluding carboxylic acids is 1. The zero-order chi connectivity index (χ0) is 14.5. The van der Waals surface area contributed by atoms with Gasteiger partial charge in [0.15, 0.2) is 0 Å². The molecule has 1 aromatic heterocycles. The summed E-state index contributed by atoms with van der Waals surface area (Å²) in [4.78, 5) is 13.8. The highest BCUT2D eigenvalue weighted by Crippen LogP contribution is 2.51. The van der Waals surface area contributed by atoms with Crippen molar-refractivity contribution < 1.29 is 14.3 Å². The van der Waals surface area contributed by atoms with E-state index in [1.54, 1.807) is 4.90 Å². The molecule has 0 spiro atoms. The van der Waals surface area contributed by atoms with Crippen molar-refractivity contribution in [1.82, 2.24) is 9.47 Å². The Labute approximate surface area is 119 Å². The molecule has 0 saturated carbocycles. The zero-order valence-corrected chi connectivity index (χ0v) is 12.5. The number of hydrogen-bond acceptors (Lipinski definition) is 3. The summed E-state index contributed by atoms with van der Waals surface area (Å²) in [7, 11) is 2.03. The van der Waals surface area contributed by atoms with Crippen LogP contribution >= 0.6 is 0 Å². The van der Waals surface area contributed by atoms with Gasteiger partial charge in [0.1, 0.15) is 17.3 Å². The Morgan fingerprint density at radius 1 is 1.50 bits per heavy atom. The Hall–Kier alpha value is -1.49. The smallest absolute Gasteiger partial charge is 0.410 e. The molecular weight excluding hydrogens is 256 g/mol. The number of aryl methyl sites for hydroxylation is 1. The molecule has 0 aromatic carbocycles. The standard InChI is InChI=1S/C15H22N2O3/c1-14(2,3)20-13(18)17-9-7-15(12(10-17)19-15)11-6-5-8-16(11)4/h5-6,8,12H,7,9-10H2,1-4H3/t12-,15+/m0/s1. The van der Waals surface area contributed by atoms with Crippen molar-refractivity contribution in [2.75, 3.05) is 13.1 Å². The fraction of sp³-hybridized carbons (Fsp3) is 0.667. The third-order valence-corrected chi connectivity index (χ3v) is 3.98. The fourth-order valence-corrected chi connectivity index (χ4v) is 2.96. The summed E-state index contributed by atoms with van der Waals surface area (Å²) in [6.07, 6.45) is 2.71. The molecule has 3 heterocycles. The molecule has 2 aliphatic heterocycles. The van der Waals surface area contributed by atoms with Crippen molar-refractivity contribution in [3.05, 3.63) is 24.0 Å². The van der Waals surface area contributed by atoms with Crippen LogP contribution in [0.3, 0.4) is 0 Å². The van der Waals surface area contributed by atoms with Gasteiger partial charge in [-0.3, -0.25) is 0 Å². The molecule has 3 rings (SSSR count). The highest BCUT2D eigenvalue weighted by molar-refractivity contribution is 5.68. The van der Waals surface area contributed by atoms with Crippen molar-refractivity contribution >= 4 is 6.09 Å². The second-order valence-corrected chi connectivity index (χ2v) is 6.68. The van der Waals surface area contributed by atoms with E-state index < -0.39 is 5.60 Å². The van der Waals surface area contributed by atoms with Crippen LogP contribution in [0.5, 0.6) is 0 Å². The average Bonchev–Trinajstić information content (AvgIpc) is 2.92. The van der Waals surface area contributed by atoms with Crippen molar-refractivity contribution in [2.24, 2.45) is 7.05 Å². The normalized spacial score (nSPS) is 29.0. The molecule has 0 radical (unpaired) electrons. The first-order chi connectivity index (χ1) is 9.32. The van der Waals surface area contributed by atoms with E-state index in [9.17, 15) is 4.79 Å². The molecule has 0 aliphatic carbocycles. The first kappa shape index (κ1) is 13.5. The van der Waals surface area contributed by atoms with E-state index >= 15 is 0 Å². The SMILES string of the molecule is Cn1cccc1[C@]12CCN(C(=O)OC(C)(C)C)C[C@@H]1O2. The average molecular weight is 278 g/mol. The first-order valence-electron chi connectivity index (χ1n) is 7.09. The summed E-state index contributed by atoms with van der Waals surface area (Å²) >= 11 is 0. The predicted octanol–water partition coefficient (Wildman–Crippen LogP) is 2.26. The molecule has 1 amide bonds. The number of ether oxygens (including phenoxy) is 2. The number of epoxide rings is 1. The molecule has 0 unspecified atom stereocenters. The molecule has 1 aromatic rings. The van der Waals surface area contributed by atoms with Gasteiger partial charge in [-0.15, -0.1) is 0 Å². The lowest BCUT2D eigenvalue weighted by atomic mass is 9.93. The number of aromatic nitrogens is 1. The summed E-state index contributed by atoms with van der Waals surface area (Å²) in [5.74, 6) is 0. The highest BCUT2D eigenvalue weighted by atomic mass is 16.6. The van der Waals surface area contributed by atoms with E-state index in [1.807, 2.05) is 40.1 Å². The minimum Gasteiger partial charge on any atom is -0.444 e. The molecule has 20 heavy (non-hydrogen) atoms. The minimum atomic E-state index is -0.450. The number of carbonyl (C=O) groups is 1. The van der Waals surface area contributed by atoms with Gasteiger partial charge in [-0.05, 0) is 32.9 Å². The number of rotatable bonds is 1. The first-order valence-corrected chi connectivity index (χ1v) is 7.09. The lowest BCUT2D eigenvalue weighted by molar-refractivity contribution is 0.0216. The minimum absolute atomic E-state index is 0.0948. The summed E-state index contributed by atoms with van der Waals surface area (Å²) in [5, 5.41) is 0. The van der Waals surface area contributed by atoms with Crippen molar-refractivity contribution in [3.8, 4) is 0 Å². The second kappa shape index (κ2) is 4.25. The van der Waals surface area contributed by atoms with E-state index in [2.05, 4.69) is 10.6 Å². The predicted molar refractivity (Wildman–Crippen MR) is 74.4 cm³/mol. The van der Waals surface area contributed by atoms with Gasteiger partial charge < -0.3 is 18.9 Å². The van der Waals surface area contributed by atoms with E-state index in [0.29, 0.717) is 13.1 Å². The summed E-state index contributed by atoms with van der Waals surface area (Å²) in [6, 6.07) is 4.13. The molecule has 5 nitrogen and oxygen atoms in total. The second-order valence-electron chi connectivity index (χ2n) is 6.68. The lowest BCUT2D eigenvalue weighted by Crippen LogP contribution is -2.44. The van der Waals surface area contributed by atoms with Crippen LogP contribution in [-0.2, 0) is 22.1 Å². The van der Waals surface area contributed by atoms with E-state index in [1.165, 1.54) is 5.69 Å². The van der Waals surface area contributed by atoms with Crippen LogP contribution in [0.25, 0.3) is 0 Å². The fourth-order valence-electron chi connectivity index (χ4n) is 2.96. The van der Waals surface area contributed by atoms with E-state index in [4.69, 9.17) is 9.47 Å². The maximum Gasteiger partial charge on any atom is 0.410 e. The van der Waals surface area contributed by atoms with Gasteiger partial charge in [0.25, 0.3) is 0 Å². The third-order valence-electron chi connectivity index (χ3n) is 3.98. The highest BCUT2D eigenvalue weighted by Gasteiger charge is 2.62. The topological polar surface area (TPSA) is 47.0 Å². The summed E-state index contributed by atoms with van der Waals surface area (Å²) in [6.45, 7) is 6.95. The van der Waals surface area contributed by atoms with Gasteiger partial charge in [-0.25, -0.2) is 4.79 Å². The molecule has 2 saturated heterocycles. The van der Waals surface area contributed by atoms with Crippen LogP contribution in [0.1, 0.15) is 32.9 Å². The Morgan fingerprint density at radius 2 is 2.25 bits per heavy atom. The Balaban J connectivity index is 1.66. The summed E-state index contributed by atoms with van der Waals surface area (Å²) < 4.78 is 13.4. The van der Waals surface area contributed by atoms with Gasteiger partial charge in [0, 0.05) is 26.2 Å². The molecule has 2 aliphatic rings. The molecule has 2 fully saturated rings. The number of piperidine rings is 1. The van der Waals surface area contributed by atoms with Gasteiger partial charge in [0.05, 0.1) is 12.2 Å². The van der Waals surface area contributed by atoms with Crippen molar-refractivity contribution in [3.63, 3.8) is 0 Å². The number of fused-ring (bicyclic) bond motifs is 1. The number of likely N-dealkylation sites (tertiary alicyclic amines) is 1. The van der Waals surface area contributed by atoms with Gasteiger partial charge in [0.2, 0.25) is 0 Å². The molecule has 2 atom stereocenters. The quantitative estimate of drug-likeness (QED) is 0.740. The van der Waals surface area contributed by atoms with Gasteiger partial charge in [-0.1, -0.05) is 0 Å². The maximum absolute atomic E-state index is 12.1. The van der Waals surface area contributed by atoms with Crippen LogP contribution < -0.4 is 0 Å². The van der Waals surface area contributed by atoms with Gasteiger partial charge >= 0.3 is 6.09 Å². The molecule has 110 valence electrons. The number of amides is 1. The summed E-state index contributed by atoms with van der Waals surface area (Å²) in [5.41, 5.74) is 0.566.